The van der Waals surface area contributed by atoms with Crippen LogP contribution in [0.15, 0.2) is 36.5 Å². The molecule has 0 bridgehead atoms. The van der Waals surface area contributed by atoms with E-state index in [9.17, 15) is 4.79 Å². The van der Waals surface area contributed by atoms with Gasteiger partial charge in [0, 0.05) is 20.2 Å². The minimum absolute atomic E-state index is 0.0632. The van der Waals surface area contributed by atoms with E-state index in [1.165, 1.54) is 11.0 Å². The van der Waals surface area contributed by atoms with Crippen molar-refractivity contribution in [3.8, 4) is 5.69 Å². The Bertz CT molecular complexity index is 603. The predicted molar refractivity (Wildman–Crippen MR) is 77.3 cm³/mol. The van der Waals surface area contributed by atoms with E-state index in [1.807, 2.05) is 35.2 Å². The molecule has 0 N–H and O–H groups in total. The molecule has 21 heavy (non-hydrogen) atoms. The molecule has 0 atom stereocenters. The van der Waals surface area contributed by atoms with Gasteiger partial charge >= 0.3 is 0 Å². The quantitative estimate of drug-likeness (QED) is 0.858. The van der Waals surface area contributed by atoms with Crippen LogP contribution in [0.5, 0.6) is 0 Å². The Morgan fingerprint density at radius 1 is 1.24 bits per heavy atom. The second-order valence-electron chi connectivity index (χ2n) is 5.08. The van der Waals surface area contributed by atoms with Crippen molar-refractivity contribution in [2.75, 3.05) is 20.2 Å². The number of ether oxygens (including phenoxy) is 1. The molecular weight excluding hydrogens is 268 g/mol. The van der Waals surface area contributed by atoms with Gasteiger partial charge in [-0.3, -0.25) is 4.79 Å². The van der Waals surface area contributed by atoms with Crippen LogP contribution in [0.4, 0.5) is 0 Å². The normalized spacial score (nSPS) is 16.1. The fourth-order valence-electron chi connectivity index (χ4n) is 2.50. The van der Waals surface area contributed by atoms with Crippen LogP contribution >= 0.6 is 0 Å². The zero-order valence-electron chi connectivity index (χ0n) is 12.0. The van der Waals surface area contributed by atoms with Crippen LogP contribution in [0.1, 0.15) is 23.3 Å². The molecule has 6 nitrogen and oxygen atoms in total. The number of nitrogens with zero attached hydrogens (tertiary/aromatic N) is 4. The first kappa shape index (κ1) is 13.8. The van der Waals surface area contributed by atoms with Gasteiger partial charge in [-0.15, -0.1) is 5.10 Å². The van der Waals surface area contributed by atoms with Crippen molar-refractivity contribution in [1.82, 2.24) is 19.9 Å². The van der Waals surface area contributed by atoms with Crippen molar-refractivity contribution in [2.45, 2.75) is 18.9 Å². The number of aromatic nitrogens is 3. The number of carbonyl (C=O) groups excluding carboxylic acids is 1. The molecule has 1 aliphatic rings. The molecule has 1 aromatic heterocycles. The molecule has 0 spiro atoms. The number of para-hydroxylation sites is 1. The third-order valence-corrected chi connectivity index (χ3v) is 3.76. The summed E-state index contributed by atoms with van der Waals surface area (Å²) in [6.07, 6.45) is 3.52. The summed E-state index contributed by atoms with van der Waals surface area (Å²) in [5.41, 5.74) is 1.23. The number of piperidine rings is 1. The average molecular weight is 286 g/mol. The van der Waals surface area contributed by atoms with Crippen molar-refractivity contribution in [1.29, 1.82) is 0 Å². The van der Waals surface area contributed by atoms with Crippen molar-refractivity contribution in [2.24, 2.45) is 0 Å². The number of hydrogen-bond acceptors (Lipinski definition) is 4. The van der Waals surface area contributed by atoms with Gasteiger partial charge in [0.05, 0.1) is 18.0 Å². The molecule has 1 aromatic carbocycles. The molecule has 0 saturated carbocycles. The number of carbonyl (C=O) groups is 1. The molecule has 0 aliphatic carbocycles. The molecule has 110 valence electrons. The topological polar surface area (TPSA) is 60.2 Å². The number of amides is 1. The highest BCUT2D eigenvalue weighted by Gasteiger charge is 2.25. The van der Waals surface area contributed by atoms with Gasteiger partial charge in [0.1, 0.15) is 0 Å². The summed E-state index contributed by atoms with van der Waals surface area (Å²) in [6, 6.07) is 9.56. The summed E-state index contributed by atoms with van der Waals surface area (Å²) in [4.78, 5) is 15.7. The van der Waals surface area contributed by atoms with E-state index < -0.39 is 0 Å². The molecule has 3 rings (SSSR count). The summed E-state index contributed by atoms with van der Waals surface area (Å²) in [5.74, 6) is -0.0632. The molecule has 1 aliphatic heterocycles. The minimum atomic E-state index is -0.0632. The average Bonchev–Trinajstić information content (AvgIpc) is 3.05. The maximum Gasteiger partial charge on any atom is 0.276 e. The summed E-state index contributed by atoms with van der Waals surface area (Å²) in [5, 5.41) is 8.44. The van der Waals surface area contributed by atoms with E-state index >= 15 is 0 Å². The lowest BCUT2D eigenvalue weighted by atomic mass is 10.1. The van der Waals surface area contributed by atoms with Crippen LogP contribution in [0, 0.1) is 0 Å². The largest absolute Gasteiger partial charge is 0.381 e. The van der Waals surface area contributed by atoms with Crippen molar-refractivity contribution >= 4 is 5.91 Å². The summed E-state index contributed by atoms with van der Waals surface area (Å²) in [7, 11) is 1.72. The Balaban J connectivity index is 1.70. The number of methoxy groups -OCH3 is 1. The van der Waals surface area contributed by atoms with Gasteiger partial charge in [-0.05, 0) is 25.0 Å². The van der Waals surface area contributed by atoms with Crippen LogP contribution in [0.25, 0.3) is 5.69 Å². The van der Waals surface area contributed by atoms with E-state index in [4.69, 9.17) is 4.74 Å². The first-order chi connectivity index (χ1) is 10.3. The molecule has 1 fully saturated rings. The summed E-state index contributed by atoms with van der Waals surface area (Å²) < 4.78 is 5.32. The third kappa shape index (κ3) is 2.95. The van der Waals surface area contributed by atoms with Crippen molar-refractivity contribution < 1.29 is 9.53 Å². The standard InChI is InChI=1S/C15H18N4O2/c1-21-13-7-9-18(10-8-13)15(20)14-11-16-19(17-14)12-5-3-2-4-6-12/h2-6,11,13H,7-10H2,1H3. The maximum atomic E-state index is 12.4. The second kappa shape index (κ2) is 6.05. The molecule has 2 aromatic rings. The molecule has 0 unspecified atom stereocenters. The molecule has 1 amide bonds. The Morgan fingerprint density at radius 2 is 1.95 bits per heavy atom. The lowest BCUT2D eigenvalue weighted by molar-refractivity contribution is 0.0347. The Morgan fingerprint density at radius 3 is 2.62 bits per heavy atom. The lowest BCUT2D eigenvalue weighted by Gasteiger charge is -2.30. The van der Waals surface area contributed by atoms with Crippen LogP contribution in [-0.2, 0) is 4.74 Å². The van der Waals surface area contributed by atoms with Crippen molar-refractivity contribution in [3.63, 3.8) is 0 Å². The molecule has 1 saturated heterocycles. The van der Waals surface area contributed by atoms with Gasteiger partial charge in [0.2, 0.25) is 0 Å². The van der Waals surface area contributed by atoms with Crippen LogP contribution in [0.2, 0.25) is 0 Å². The SMILES string of the molecule is COC1CCN(C(=O)c2cnn(-c3ccccc3)n2)CC1. The first-order valence-electron chi connectivity index (χ1n) is 7.08. The number of benzene rings is 1. The van der Waals surface area contributed by atoms with Crippen LogP contribution < -0.4 is 0 Å². The van der Waals surface area contributed by atoms with Gasteiger partial charge < -0.3 is 9.64 Å². The van der Waals surface area contributed by atoms with Gasteiger partial charge in [0.25, 0.3) is 5.91 Å². The van der Waals surface area contributed by atoms with Crippen LogP contribution in [-0.4, -0.2) is 52.1 Å². The van der Waals surface area contributed by atoms with E-state index in [2.05, 4.69) is 10.2 Å². The fourth-order valence-corrected chi connectivity index (χ4v) is 2.50. The second-order valence-corrected chi connectivity index (χ2v) is 5.08. The zero-order valence-corrected chi connectivity index (χ0v) is 12.0. The number of rotatable bonds is 3. The highest BCUT2D eigenvalue weighted by atomic mass is 16.5. The highest BCUT2D eigenvalue weighted by molar-refractivity contribution is 5.92. The van der Waals surface area contributed by atoms with Gasteiger partial charge in [-0.25, -0.2) is 0 Å². The fraction of sp³-hybridized carbons (Fsp3) is 0.400. The minimum Gasteiger partial charge on any atom is -0.381 e. The van der Waals surface area contributed by atoms with E-state index in [-0.39, 0.29) is 12.0 Å². The Labute approximate surface area is 123 Å². The van der Waals surface area contributed by atoms with Gasteiger partial charge in [-0.2, -0.15) is 9.90 Å². The molecule has 0 radical (unpaired) electrons. The Kier molecular flexibility index (Phi) is 3.96. The Hall–Kier alpha value is -2.21. The predicted octanol–water partition coefficient (Wildman–Crippen LogP) is 1.52. The van der Waals surface area contributed by atoms with E-state index in [0.717, 1.165) is 18.5 Å². The molecule has 6 heteroatoms. The number of hydrogen-bond donors (Lipinski definition) is 0. The van der Waals surface area contributed by atoms with Crippen LogP contribution in [0.3, 0.4) is 0 Å². The summed E-state index contributed by atoms with van der Waals surface area (Å²) in [6.45, 7) is 1.41. The van der Waals surface area contributed by atoms with Gasteiger partial charge in [-0.1, -0.05) is 18.2 Å². The third-order valence-electron chi connectivity index (χ3n) is 3.76. The smallest absolute Gasteiger partial charge is 0.276 e. The highest BCUT2D eigenvalue weighted by Crippen LogP contribution is 2.15. The first-order valence-corrected chi connectivity index (χ1v) is 7.08. The monoisotopic (exact) mass is 286 g/mol. The van der Waals surface area contributed by atoms with Gasteiger partial charge in [0.15, 0.2) is 5.69 Å². The van der Waals surface area contributed by atoms with E-state index in [1.54, 1.807) is 7.11 Å². The summed E-state index contributed by atoms with van der Waals surface area (Å²) >= 11 is 0. The van der Waals surface area contributed by atoms with Crippen molar-refractivity contribution in [3.05, 3.63) is 42.2 Å². The molecular formula is C15H18N4O2. The maximum absolute atomic E-state index is 12.4. The lowest BCUT2D eigenvalue weighted by Crippen LogP contribution is -2.40. The zero-order chi connectivity index (χ0) is 14.7. The molecule has 2 heterocycles. The number of likely N-dealkylation sites (tertiary alicyclic amines) is 1. The van der Waals surface area contributed by atoms with E-state index in [0.29, 0.717) is 18.8 Å².